The van der Waals surface area contributed by atoms with Crippen LogP contribution in [-0.4, -0.2) is 52.0 Å². The van der Waals surface area contributed by atoms with E-state index in [1.165, 1.54) is 0 Å². The molecule has 0 saturated heterocycles. The van der Waals surface area contributed by atoms with Crippen molar-refractivity contribution in [2.24, 2.45) is 11.3 Å². The average molecular weight is 799 g/mol. The Morgan fingerprint density at radius 1 is 0.705 bits per heavy atom. The van der Waals surface area contributed by atoms with Crippen LogP contribution in [0.5, 0.6) is 0 Å². The molecule has 300 valence electrons. The Labute approximate surface area is 357 Å². The van der Waals surface area contributed by atoms with Crippen molar-refractivity contribution in [2.45, 2.75) is 33.5 Å². The summed E-state index contributed by atoms with van der Waals surface area (Å²) in [6.07, 6.45) is 15.4. The zero-order valence-corrected chi connectivity index (χ0v) is 35.2. The van der Waals surface area contributed by atoms with E-state index >= 15 is 9.59 Å². The first-order valence-electron chi connectivity index (χ1n) is 21.3. The Hall–Kier alpha value is -6.89. The summed E-state index contributed by atoms with van der Waals surface area (Å²) in [5.74, 6) is 0.840. The molecule has 3 aliphatic carbocycles. The summed E-state index contributed by atoms with van der Waals surface area (Å²) in [6.45, 7) is 6.15. The molecule has 6 nitrogen and oxygen atoms in total. The number of ketones is 2. The summed E-state index contributed by atoms with van der Waals surface area (Å²) in [5.41, 5.74) is 5.89. The SMILES string of the molecule is CC1=[N+](Cc2ccc3ccccc3c2)C2=C(C(=O)C(N(C)CC3=CC4C=CC=CC4(C)C=C3)=C(NCc3ccc4ccccc4c3)C2=O)[N+]1(C)Cc1ccc2ccccc2c1. The molecule has 6 heteroatoms. The van der Waals surface area contributed by atoms with Gasteiger partial charge in [0, 0.05) is 42.6 Å². The van der Waals surface area contributed by atoms with E-state index in [0.717, 1.165) is 60.4 Å². The van der Waals surface area contributed by atoms with Crippen molar-refractivity contribution in [3.63, 3.8) is 0 Å². The summed E-state index contributed by atoms with van der Waals surface area (Å²) >= 11 is 0. The third-order valence-corrected chi connectivity index (χ3v) is 13.4. The highest BCUT2D eigenvalue weighted by molar-refractivity contribution is 6.24. The van der Waals surface area contributed by atoms with E-state index in [2.05, 4.69) is 189 Å². The van der Waals surface area contributed by atoms with Gasteiger partial charge < -0.3 is 10.2 Å². The van der Waals surface area contributed by atoms with Gasteiger partial charge in [-0.3, -0.25) is 9.59 Å². The minimum Gasteiger partial charge on any atom is -0.376 e. The lowest BCUT2D eigenvalue weighted by Crippen LogP contribution is -2.50. The fourth-order valence-electron chi connectivity index (χ4n) is 9.84. The van der Waals surface area contributed by atoms with E-state index in [0.29, 0.717) is 49.0 Å². The lowest BCUT2D eigenvalue weighted by atomic mass is 9.71. The van der Waals surface area contributed by atoms with Crippen molar-refractivity contribution >= 4 is 49.7 Å². The molecule has 3 atom stereocenters. The van der Waals surface area contributed by atoms with E-state index < -0.39 is 0 Å². The van der Waals surface area contributed by atoms with Crippen molar-refractivity contribution in [3.8, 4) is 0 Å². The molecule has 0 amide bonds. The van der Waals surface area contributed by atoms with Gasteiger partial charge in [0.15, 0.2) is 6.54 Å². The number of benzene rings is 6. The summed E-state index contributed by atoms with van der Waals surface area (Å²) in [6, 6.07) is 44.4. The zero-order chi connectivity index (χ0) is 41.9. The van der Waals surface area contributed by atoms with Crippen molar-refractivity contribution < 1.29 is 18.6 Å². The predicted octanol–water partition coefficient (Wildman–Crippen LogP) is 10.3. The fraction of sp³-hybridized carbons (Fsp3) is 0.182. The number of carbonyl (C=O) groups is 2. The maximum Gasteiger partial charge on any atom is 0.346 e. The number of hydrogen-bond donors (Lipinski definition) is 1. The topological polar surface area (TPSA) is 52.4 Å². The number of nitrogens with one attached hydrogen (secondary N) is 1. The van der Waals surface area contributed by atoms with Crippen molar-refractivity contribution in [3.05, 3.63) is 215 Å². The van der Waals surface area contributed by atoms with Gasteiger partial charge in [-0.25, -0.2) is 0 Å². The van der Waals surface area contributed by atoms with Crippen LogP contribution >= 0.6 is 0 Å². The molecule has 4 aliphatic rings. The maximum atomic E-state index is 15.8. The highest BCUT2D eigenvalue weighted by Gasteiger charge is 2.60. The smallest absolute Gasteiger partial charge is 0.346 e. The van der Waals surface area contributed by atoms with Gasteiger partial charge >= 0.3 is 11.5 Å². The molecular weight excluding hydrogens is 749 g/mol. The van der Waals surface area contributed by atoms with Gasteiger partial charge in [0.25, 0.3) is 17.3 Å². The second kappa shape index (κ2) is 15.0. The standard InChI is InChI=1S/C55H49N4O2/c1-37-58(35-39-21-24-43-14-6-9-17-46(43)30-39)51-52(59(37,4)36-41-22-25-44-15-7-10-18-47(44)31-41)54(61)50(57(3)34-40-26-28-55(2)27-12-11-19-48(55)32-40)49(53(51)60)56-33-38-20-23-42-13-5-8-16-45(42)29-38/h5-32,48H,33-36H2,1-4H3/q+1/p+1. The lowest BCUT2D eigenvalue weighted by molar-refractivity contribution is -0.800. The van der Waals surface area contributed by atoms with Crippen LogP contribution in [0.4, 0.5) is 0 Å². The largest absolute Gasteiger partial charge is 0.376 e. The Kier molecular flexibility index (Phi) is 9.41. The first-order valence-corrected chi connectivity index (χ1v) is 21.3. The molecule has 10 rings (SSSR count). The quantitative estimate of drug-likeness (QED) is 0.0852. The van der Waals surface area contributed by atoms with E-state index in [-0.39, 0.29) is 27.4 Å². The van der Waals surface area contributed by atoms with Crippen LogP contribution in [0.3, 0.4) is 0 Å². The fourth-order valence-corrected chi connectivity index (χ4v) is 9.84. The normalized spacial score (nSPS) is 22.1. The highest BCUT2D eigenvalue weighted by Crippen LogP contribution is 2.42. The summed E-state index contributed by atoms with van der Waals surface area (Å²) in [4.78, 5) is 33.4. The molecule has 61 heavy (non-hydrogen) atoms. The Balaban J connectivity index is 1.08. The first kappa shape index (κ1) is 38.3. The van der Waals surface area contributed by atoms with E-state index in [1.807, 2.05) is 24.1 Å². The number of rotatable bonds is 10. The van der Waals surface area contributed by atoms with Crippen LogP contribution in [0.25, 0.3) is 32.3 Å². The Morgan fingerprint density at radius 2 is 1.28 bits per heavy atom. The molecule has 0 fully saturated rings. The van der Waals surface area contributed by atoms with Crippen LogP contribution < -0.4 is 5.32 Å². The van der Waals surface area contributed by atoms with E-state index in [9.17, 15) is 0 Å². The third-order valence-electron chi connectivity index (χ3n) is 13.4. The monoisotopic (exact) mass is 798 g/mol. The summed E-state index contributed by atoms with van der Waals surface area (Å²) in [7, 11) is 4.06. The zero-order valence-electron chi connectivity index (χ0n) is 35.2. The predicted molar refractivity (Wildman–Crippen MR) is 247 cm³/mol. The molecule has 0 aromatic heterocycles. The van der Waals surface area contributed by atoms with E-state index in [1.54, 1.807) is 0 Å². The average Bonchev–Trinajstić information content (AvgIpc) is 3.48. The molecule has 6 aromatic carbocycles. The molecular formula is C55H50N4O2+2. The number of allylic oxidation sites excluding steroid dienone is 6. The molecule has 1 N–H and O–H groups in total. The van der Waals surface area contributed by atoms with Crippen LogP contribution in [0.15, 0.2) is 198 Å². The van der Waals surface area contributed by atoms with Gasteiger partial charge in [-0.2, -0.15) is 4.48 Å². The van der Waals surface area contributed by atoms with Gasteiger partial charge in [0.1, 0.15) is 17.9 Å². The van der Waals surface area contributed by atoms with Gasteiger partial charge in [0.05, 0.1) is 14.0 Å². The number of nitrogens with zero attached hydrogens (tertiary/aromatic N) is 3. The number of hydrogen-bond acceptors (Lipinski definition) is 4. The van der Waals surface area contributed by atoms with Crippen LogP contribution in [0.1, 0.15) is 30.5 Å². The van der Waals surface area contributed by atoms with Crippen molar-refractivity contribution in [1.29, 1.82) is 0 Å². The molecule has 6 aromatic rings. The second-order valence-electron chi connectivity index (χ2n) is 17.5. The van der Waals surface area contributed by atoms with Crippen molar-refractivity contribution in [2.75, 3.05) is 20.6 Å². The van der Waals surface area contributed by atoms with Gasteiger partial charge in [-0.15, -0.1) is 4.58 Å². The number of carbonyl (C=O) groups excluding carboxylic acids is 2. The van der Waals surface area contributed by atoms with Crippen LogP contribution in [-0.2, 0) is 29.2 Å². The number of quaternary nitrogens is 1. The molecule has 1 aliphatic heterocycles. The molecule has 0 radical (unpaired) electrons. The maximum absolute atomic E-state index is 15.8. The first-order chi connectivity index (χ1) is 29.6. The van der Waals surface area contributed by atoms with Crippen molar-refractivity contribution in [1.82, 2.24) is 10.2 Å². The van der Waals surface area contributed by atoms with Gasteiger partial charge in [0.2, 0.25) is 0 Å². The second-order valence-corrected chi connectivity index (χ2v) is 17.5. The minimum atomic E-state index is -0.168. The highest BCUT2D eigenvalue weighted by atomic mass is 16.1. The lowest BCUT2D eigenvalue weighted by Gasteiger charge is -2.35. The Bertz CT molecular complexity index is 3070. The molecule has 0 saturated carbocycles. The minimum absolute atomic E-state index is 0.0905. The van der Waals surface area contributed by atoms with Gasteiger partial charge in [-0.05, 0) is 61.7 Å². The number of amidine groups is 1. The van der Waals surface area contributed by atoms with E-state index in [4.69, 9.17) is 0 Å². The molecule has 1 heterocycles. The third kappa shape index (κ3) is 6.77. The number of Topliss-reactive ketones (excluding diaryl/α,β-unsaturated/α-hetero) is 2. The molecule has 0 bridgehead atoms. The van der Waals surface area contributed by atoms with Crippen LogP contribution in [0, 0.1) is 11.3 Å². The summed E-state index contributed by atoms with van der Waals surface area (Å²) in [5, 5.41) is 10.5. The number of likely N-dealkylation sites (N-methyl/N-ethyl adjacent to an activating group) is 2. The number of fused-ring (bicyclic) bond motifs is 4. The van der Waals surface area contributed by atoms with Gasteiger partial charge in [-0.1, -0.05) is 159 Å². The van der Waals surface area contributed by atoms with Crippen LogP contribution in [0.2, 0.25) is 0 Å². The Morgan fingerprint density at radius 3 is 1.93 bits per heavy atom. The molecule has 3 unspecified atom stereocenters. The molecule has 0 spiro atoms. The summed E-state index contributed by atoms with van der Waals surface area (Å²) < 4.78 is 2.30.